The van der Waals surface area contributed by atoms with Crippen LogP contribution in [-0.4, -0.2) is 18.1 Å². The molecule has 0 amide bonds. The van der Waals surface area contributed by atoms with Gasteiger partial charge in [-0.2, -0.15) is 0 Å². The van der Waals surface area contributed by atoms with E-state index in [1.54, 1.807) is 23.5 Å². The van der Waals surface area contributed by atoms with E-state index in [1.165, 1.54) is 22.9 Å². The van der Waals surface area contributed by atoms with Crippen molar-refractivity contribution in [1.82, 2.24) is 4.98 Å². The van der Waals surface area contributed by atoms with Gasteiger partial charge in [0.2, 0.25) is 0 Å². The highest BCUT2D eigenvalue weighted by Crippen LogP contribution is 2.26. The Kier molecular flexibility index (Phi) is 4.26. The van der Waals surface area contributed by atoms with Crippen molar-refractivity contribution in [2.45, 2.75) is 13.8 Å². The van der Waals surface area contributed by atoms with E-state index in [0.717, 1.165) is 16.1 Å². The number of thiazole rings is 1. The zero-order valence-electron chi connectivity index (χ0n) is 13.3. The molecular weight excluding hydrogens is 306 g/mol. The summed E-state index contributed by atoms with van der Waals surface area (Å²) in [6.45, 7) is 4.22. The number of methoxy groups -OCH3 is 1. The van der Waals surface area contributed by atoms with E-state index < -0.39 is 0 Å². The molecule has 0 N–H and O–H groups in total. The van der Waals surface area contributed by atoms with Gasteiger partial charge in [-0.15, -0.1) is 11.3 Å². The molecule has 0 aliphatic heterocycles. The average molecular weight is 323 g/mol. The molecule has 0 aliphatic carbocycles. The highest BCUT2D eigenvalue weighted by atomic mass is 32.1. The molecule has 4 heteroatoms. The largest absolute Gasteiger partial charge is 0.465 e. The fourth-order valence-corrected chi connectivity index (χ4v) is 3.23. The lowest BCUT2D eigenvalue weighted by atomic mass is 10.1. The molecule has 0 atom stereocenters. The Labute approximate surface area is 139 Å². The van der Waals surface area contributed by atoms with Crippen LogP contribution in [0.25, 0.3) is 22.4 Å². The van der Waals surface area contributed by atoms with Crippen LogP contribution >= 0.6 is 11.3 Å². The van der Waals surface area contributed by atoms with Gasteiger partial charge in [0.25, 0.3) is 0 Å². The first kappa shape index (κ1) is 15.4. The summed E-state index contributed by atoms with van der Waals surface area (Å²) in [5, 5.41) is 0.974. The van der Waals surface area contributed by atoms with Crippen LogP contribution < -0.4 is 0 Å². The van der Waals surface area contributed by atoms with E-state index in [2.05, 4.69) is 31.0 Å². The normalized spacial score (nSPS) is 11.3. The minimum absolute atomic E-state index is 0.322. The molecule has 0 unspecified atom stereocenters. The van der Waals surface area contributed by atoms with Gasteiger partial charge in [-0.1, -0.05) is 18.2 Å². The summed E-state index contributed by atoms with van der Waals surface area (Å²) >= 11 is 1.68. The van der Waals surface area contributed by atoms with Crippen LogP contribution in [0.5, 0.6) is 0 Å². The van der Waals surface area contributed by atoms with Crippen molar-refractivity contribution >= 4 is 39.7 Å². The van der Waals surface area contributed by atoms with E-state index in [4.69, 9.17) is 4.74 Å². The van der Waals surface area contributed by atoms with Crippen LogP contribution in [0.3, 0.4) is 0 Å². The number of fused-ring (bicyclic) bond motifs is 1. The van der Waals surface area contributed by atoms with Gasteiger partial charge in [0.1, 0.15) is 5.01 Å². The number of esters is 1. The molecule has 3 rings (SSSR count). The van der Waals surface area contributed by atoms with Gasteiger partial charge in [-0.05, 0) is 60.9 Å². The van der Waals surface area contributed by atoms with Gasteiger partial charge >= 0.3 is 5.97 Å². The lowest BCUT2D eigenvalue weighted by Crippen LogP contribution is -2.00. The summed E-state index contributed by atoms with van der Waals surface area (Å²) in [7, 11) is 1.38. The molecule has 3 aromatic rings. The minimum Gasteiger partial charge on any atom is -0.465 e. The summed E-state index contributed by atoms with van der Waals surface area (Å²) in [6.07, 6.45) is 4.00. The highest BCUT2D eigenvalue weighted by Gasteiger charge is 2.05. The second-order valence-electron chi connectivity index (χ2n) is 5.40. The first-order valence-electron chi connectivity index (χ1n) is 7.31. The summed E-state index contributed by atoms with van der Waals surface area (Å²) in [4.78, 5) is 16.1. The zero-order valence-corrected chi connectivity index (χ0v) is 14.1. The van der Waals surface area contributed by atoms with Crippen molar-refractivity contribution < 1.29 is 9.53 Å². The Balaban J connectivity index is 1.83. The van der Waals surface area contributed by atoms with Crippen molar-refractivity contribution in [3.05, 3.63) is 63.7 Å². The maximum Gasteiger partial charge on any atom is 0.337 e. The Morgan fingerprint density at radius 3 is 2.48 bits per heavy atom. The van der Waals surface area contributed by atoms with Gasteiger partial charge in [0.05, 0.1) is 22.9 Å². The fraction of sp³-hybridized carbons (Fsp3) is 0.158. The van der Waals surface area contributed by atoms with E-state index >= 15 is 0 Å². The molecule has 0 spiro atoms. The third-order valence-corrected chi connectivity index (χ3v) is 4.75. The van der Waals surface area contributed by atoms with Crippen LogP contribution in [0.2, 0.25) is 0 Å². The number of rotatable bonds is 3. The Hall–Kier alpha value is -2.46. The predicted octanol–water partition coefficient (Wildman–Crippen LogP) is 4.87. The van der Waals surface area contributed by atoms with Crippen LogP contribution in [0.4, 0.5) is 0 Å². The van der Waals surface area contributed by atoms with E-state index in [9.17, 15) is 4.79 Å². The average Bonchev–Trinajstić information content (AvgIpc) is 2.95. The first-order valence-corrected chi connectivity index (χ1v) is 8.13. The summed E-state index contributed by atoms with van der Waals surface area (Å²) in [5.74, 6) is -0.322. The number of ether oxygens (including phenoxy) is 1. The topological polar surface area (TPSA) is 39.2 Å². The van der Waals surface area contributed by atoms with Crippen LogP contribution in [0.15, 0.2) is 36.4 Å². The maximum absolute atomic E-state index is 11.4. The molecule has 0 saturated carbocycles. The summed E-state index contributed by atoms with van der Waals surface area (Å²) < 4.78 is 5.90. The quantitative estimate of drug-likeness (QED) is 0.646. The third kappa shape index (κ3) is 3.32. The SMILES string of the molecule is COC(=O)c1ccc(C=Cc2nc3cc(C)c(C)cc3s2)cc1. The maximum atomic E-state index is 11.4. The molecule has 23 heavy (non-hydrogen) atoms. The number of hydrogen-bond acceptors (Lipinski definition) is 4. The van der Waals surface area contributed by atoms with Gasteiger partial charge in [0, 0.05) is 0 Å². The van der Waals surface area contributed by atoms with Gasteiger partial charge in [-0.25, -0.2) is 9.78 Å². The molecule has 0 aliphatic rings. The van der Waals surface area contributed by atoms with Crippen LogP contribution in [0, 0.1) is 13.8 Å². The zero-order chi connectivity index (χ0) is 16.4. The van der Waals surface area contributed by atoms with Gasteiger partial charge in [0.15, 0.2) is 0 Å². The van der Waals surface area contributed by atoms with Crippen molar-refractivity contribution in [3.8, 4) is 0 Å². The second-order valence-corrected chi connectivity index (χ2v) is 6.47. The standard InChI is InChI=1S/C19H17NO2S/c1-12-10-16-17(11-13(12)2)23-18(20-16)9-6-14-4-7-15(8-5-14)19(21)22-3/h4-11H,1-3H3. The smallest absolute Gasteiger partial charge is 0.337 e. The summed E-state index contributed by atoms with van der Waals surface area (Å²) in [5.41, 5.74) is 5.16. The predicted molar refractivity (Wildman–Crippen MR) is 95.8 cm³/mol. The fourth-order valence-electron chi connectivity index (χ4n) is 2.28. The van der Waals surface area contributed by atoms with E-state index in [0.29, 0.717) is 5.56 Å². The minimum atomic E-state index is -0.322. The molecule has 116 valence electrons. The van der Waals surface area contributed by atoms with Crippen LogP contribution in [0.1, 0.15) is 32.1 Å². The molecule has 1 aromatic heterocycles. The van der Waals surface area contributed by atoms with Crippen molar-refractivity contribution in [2.24, 2.45) is 0 Å². The van der Waals surface area contributed by atoms with Gasteiger partial charge < -0.3 is 4.74 Å². The number of carbonyl (C=O) groups excluding carboxylic acids is 1. The Morgan fingerprint density at radius 2 is 1.78 bits per heavy atom. The molecule has 1 heterocycles. The van der Waals surface area contributed by atoms with Crippen molar-refractivity contribution in [2.75, 3.05) is 7.11 Å². The lowest BCUT2D eigenvalue weighted by molar-refractivity contribution is 0.0600. The van der Waals surface area contributed by atoms with Gasteiger partial charge in [-0.3, -0.25) is 0 Å². The number of carbonyl (C=O) groups is 1. The van der Waals surface area contributed by atoms with E-state index in [1.807, 2.05) is 24.3 Å². The molecule has 2 aromatic carbocycles. The number of aromatic nitrogens is 1. The lowest BCUT2D eigenvalue weighted by Gasteiger charge is -1.98. The number of aryl methyl sites for hydroxylation is 2. The van der Waals surface area contributed by atoms with Crippen LogP contribution in [-0.2, 0) is 4.74 Å². The molecule has 0 fully saturated rings. The highest BCUT2D eigenvalue weighted by molar-refractivity contribution is 7.19. The number of benzene rings is 2. The second kappa shape index (κ2) is 6.34. The van der Waals surface area contributed by atoms with E-state index in [-0.39, 0.29) is 5.97 Å². The number of nitrogens with zero attached hydrogens (tertiary/aromatic N) is 1. The first-order chi connectivity index (χ1) is 11.1. The molecule has 0 radical (unpaired) electrons. The molecular formula is C19H17NO2S. The van der Waals surface area contributed by atoms with Crippen molar-refractivity contribution in [1.29, 1.82) is 0 Å². The third-order valence-electron chi connectivity index (χ3n) is 3.77. The van der Waals surface area contributed by atoms with Crippen molar-refractivity contribution in [3.63, 3.8) is 0 Å². The number of hydrogen-bond donors (Lipinski definition) is 0. The summed E-state index contributed by atoms with van der Waals surface area (Å²) in [6, 6.07) is 11.6. The Bertz CT molecular complexity index is 853. The molecule has 3 nitrogen and oxygen atoms in total. The monoisotopic (exact) mass is 323 g/mol. The Morgan fingerprint density at radius 1 is 1.09 bits per heavy atom. The molecule has 0 saturated heterocycles. The molecule has 0 bridgehead atoms.